The van der Waals surface area contributed by atoms with E-state index in [2.05, 4.69) is 18.0 Å². The van der Waals surface area contributed by atoms with Gasteiger partial charge in [0.2, 0.25) is 5.79 Å². The van der Waals surface area contributed by atoms with Crippen LogP contribution >= 0.6 is 0 Å². The summed E-state index contributed by atoms with van der Waals surface area (Å²) in [4.78, 5) is 45.3. The van der Waals surface area contributed by atoms with Gasteiger partial charge in [-0.2, -0.15) is 0 Å². The number of aliphatic hydroxyl groups excluding tert-OH is 2. The first-order chi connectivity index (χ1) is 31.1. The smallest absolute Gasteiger partial charge is 0.412 e. The highest BCUT2D eigenvalue weighted by Crippen LogP contribution is 2.61. The molecule has 0 radical (unpaired) electrons. The number of nitro benzene ring substituents is 1. The van der Waals surface area contributed by atoms with Crippen molar-refractivity contribution in [3.63, 3.8) is 0 Å². The van der Waals surface area contributed by atoms with Gasteiger partial charge in [-0.3, -0.25) is 10.1 Å². The molecule has 1 aliphatic heterocycles. The lowest BCUT2D eigenvalue weighted by atomic mass is 9.55. The summed E-state index contributed by atoms with van der Waals surface area (Å²) in [5, 5.41) is 38.5. The molecule has 6 rings (SSSR count). The number of nitrogens with zero attached hydrogens (tertiary/aromatic N) is 3. The Hall–Kier alpha value is -5.81. The minimum atomic E-state index is -1.53. The van der Waals surface area contributed by atoms with E-state index in [0.717, 1.165) is 36.0 Å². The molecule has 0 unspecified atom stereocenters. The van der Waals surface area contributed by atoms with Gasteiger partial charge in [-0.05, 0) is 91.5 Å². The van der Waals surface area contributed by atoms with E-state index >= 15 is 0 Å². The quantitative estimate of drug-likeness (QED) is 0.0361. The Morgan fingerprint density at radius 3 is 2.44 bits per heavy atom. The summed E-state index contributed by atoms with van der Waals surface area (Å²) >= 11 is 0. The number of benzene rings is 3. The van der Waals surface area contributed by atoms with E-state index in [0.29, 0.717) is 55.2 Å². The van der Waals surface area contributed by atoms with E-state index in [1.165, 1.54) is 17.0 Å². The predicted molar refractivity (Wildman–Crippen MR) is 238 cm³/mol. The number of oxime groups is 1. The van der Waals surface area contributed by atoms with Crippen molar-refractivity contribution in [2.45, 2.75) is 82.8 Å². The van der Waals surface area contributed by atoms with E-state index in [-0.39, 0.29) is 69.5 Å². The Bertz CT molecular complexity index is 2100. The van der Waals surface area contributed by atoms with Gasteiger partial charge in [0.15, 0.2) is 0 Å². The molecule has 1 fully saturated rings. The molecule has 3 aromatic rings. The molecule has 16 heteroatoms. The van der Waals surface area contributed by atoms with Crippen LogP contribution in [0.25, 0.3) is 0 Å². The number of unbranched alkanes of at least 4 members (excludes halogenated alkanes) is 2. The molecular formula is C48H60N4O12. The number of rotatable bonds is 23. The van der Waals surface area contributed by atoms with Crippen LogP contribution in [0.2, 0.25) is 0 Å². The fourth-order valence-corrected chi connectivity index (χ4v) is 9.16. The number of non-ortho nitro benzene ring substituents is 1. The van der Waals surface area contributed by atoms with Crippen molar-refractivity contribution in [1.82, 2.24) is 10.2 Å². The van der Waals surface area contributed by atoms with E-state index in [1.54, 1.807) is 44.3 Å². The average molecular weight is 885 g/mol. The third kappa shape index (κ3) is 11.5. The first-order valence-electron chi connectivity index (χ1n) is 22.0. The number of ether oxygens (including phenoxy) is 5. The zero-order chi connectivity index (χ0) is 45.5. The molecule has 3 N–H and O–H groups in total. The zero-order valence-electron chi connectivity index (χ0n) is 36.6. The van der Waals surface area contributed by atoms with Gasteiger partial charge in [0, 0.05) is 56.8 Å². The molecule has 2 amide bonds. The molecule has 1 heterocycles. The van der Waals surface area contributed by atoms with E-state index in [9.17, 15) is 29.9 Å². The molecule has 2 aliphatic carbocycles. The second-order valence-electron chi connectivity index (χ2n) is 16.2. The van der Waals surface area contributed by atoms with Crippen LogP contribution in [-0.2, 0) is 32.3 Å². The van der Waals surface area contributed by atoms with Gasteiger partial charge in [-0.15, -0.1) is 6.58 Å². The highest BCUT2D eigenvalue weighted by molar-refractivity contribution is 6.03. The van der Waals surface area contributed by atoms with Crippen LogP contribution in [0.4, 0.5) is 15.3 Å². The van der Waals surface area contributed by atoms with Gasteiger partial charge < -0.3 is 49.0 Å². The molecule has 64 heavy (non-hydrogen) atoms. The molecule has 344 valence electrons. The molecule has 0 aromatic heterocycles. The molecule has 3 aliphatic rings. The van der Waals surface area contributed by atoms with Crippen LogP contribution in [-0.4, -0.2) is 96.4 Å². The number of nitro groups is 1. The summed E-state index contributed by atoms with van der Waals surface area (Å²) in [5.74, 6) is -1.79. The van der Waals surface area contributed by atoms with Gasteiger partial charge in [-0.1, -0.05) is 60.5 Å². The van der Waals surface area contributed by atoms with E-state index in [4.69, 9.17) is 33.7 Å². The Labute approximate surface area is 374 Å². The fraction of sp³-hybridized carbons (Fsp3) is 0.479. The second kappa shape index (κ2) is 23.2. The summed E-state index contributed by atoms with van der Waals surface area (Å²) in [6.45, 7) is 6.80. The number of carbonyl (C=O) groups excluding carboxylic acids is 2. The minimum Gasteiger partial charge on any atom is -0.459 e. The van der Waals surface area contributed by atoms with Crippen molar-refractivity contribution in [3.05, 3.63) is 124 Å². The molecule has 0 spiro atoms. The first-order valence-corrected chi connectivity index (χ1v) is 22.0. The highest BCUT2D eigenvalue weighted by atomic mass is 16.7. The van der Waals surface area contributed by atoms with Gasteiger partial charge in [-0.25, -0.2) is 9.59 Å². The predicted octanol–water partition coefficient (Wildman–Crippen LogP) is 7.82. The molecule has 6 atom stereocenters. The number of amides is 2. The van der Waals surface area contributed by atoms with Crippen LogP contribution in [0.1, 0.15) is 74.5 Å². The van der Waals surface area contributed by atoms with Crippen molar-refractivity contribution in [2.75, 3.05) is 46.6 Å². The topological polar surface area (TPSA) is 201 Å². The number of fused-ring (bicyclic) bond motifs is 2. The van der Waals surface area contributed by atoms with Gasteiger partial charge in [0.25, 0.3) is 5.69 Å². The van der Waals surface area contributed by atoms with Crippen molar-refractivity contribution in [3.8, 4) is 11.5 Å². The van der Waals surface area contributed by atoms with Crippen molar-refractivity contribution in [2.24, 2.45) is 22.9 Å². The van der Waals surface area contributed by atoms with Crippen molar-refractivity contribution in [1.29, 1.82) is 0 Å². The molecule has 0 saturated heterocycles. The number of nitrogens with one attached hydrogen (secondary N) is 1. The first kappa shape index (κ1) is 47.7. The normalized spacial score (nSPS) is 22.5. The third-order valence-electron chi connectivity index (χ3n) is 12.0. The molecule has 1 saturated carbocycles. The van der Waals surface area contributed by atoms with E-state index < -0.39 is 34.9 Å². The van der Waals surface area contributed by atoms with Crippen LogP contribution in [0.15, 0.2) is 102 Å². The maximum absolute atomic E-state index is 14.2. The second-order valence-corrected chi connectivity index (χ2v) is 16.2. The van der Waals surface area contributed by atoms with Gasteiger partial charge >= 0.3 is 12.2 Å². The summed E-state index contributed by atoms with van der Waals surface area (Å²) in [6.07, 6.45) is 6.84. The Morgan fingerprint density at radius 2 is 1.73 bits per heavy atom. The summed E-state index contributed by atoms with van der Waals surface area (Å²) in [6, 6.07) is 20.1. The number of allylic oxidation sites excluding steroid dienone is 1. The zero-order valence-corrected chi connectivity index (χ0v) is 36.6. The number of hydrogen-bond acceptors (Lipinski definition) is 13. The molecule has 3 aromatic carbocycles. The number of likely N-dealkylation sites (N-methyl/N-ethyl adjacent to an activating group) is 1. The van der Waals surface area contributed by atoms with Crippen LogP contribution in [0.3, 0.4) is 0 Å². The lowest BCUT2D eigenvalue weighted by molar-refractivity contribution is -0.384. The summed E-state index contributed by atoms with van der Waals surface area (Å²) in [5.41, 5.74) is 3.74. The Balaban J connectivity index is 1.45. The van der Waals surface area contributed by atoms with Gasteiger partial charge in [0.1, 0.15) is 30.8 Å². The number of aliphatic hydroxyl groups is 2. The van der Waals surface area contributed by atoms with Crippen molar-refractivity contribution >= 4 is 23.6 Å². The number of carbonyl (C=O) groups is 2. The maximum Gasteiger partial charge on any atom is 0.412 e. The Kier molecular flexibility index (Phi) is 17.3. The van der Waals surface area contributed by atoms with Crippen molar-refractivity contribution < 1.29 is 53.2 Å². The highest BCUT2D eigenvalue weighted by Gasteiger charge is 2.65. The fourth-order valence-electron chi connectivity index (χ4n) is 9.16. The SMILES string of the molecule is C=CCO[C@@]12Oc3ccc(OC(=O)NCC)cc3[C@H]3[C@H](CCCCO)[C@@H](CCCCO)C=C(C(=NOCc4ccc([N+](=O)[O-])cc4)C[C@@H]1N(C)C(=O)OCCOCc1ccccc1)[C@H]32. The summed E-state index contributed by atoms with van der Waals surface area (Å²) < 4.78 is 31.4. The minimum absolute atomic E-state index is 0.01000. The Morgan fingerprint density at radius 1 is 1.00 bits per heavy atom. The largest absolute Gasteiger partial charge is 0.459 e. The molecule has 16 nitrogen and oxygen atoms in total. The van der Waals surface area contributed by atoms with Crippen LogP contribution < -0.4 is 14.8 Å². The monoisotopic (exact) mass is 884 g/mol. The van der Waals surface area contributed by atoms with E-state index in [1.807, 2.05) is 36.4 Å². The lowest BCUT2D eigenvalue weighted by Crippen LogP contribution is -2.69. The van der Waals surface area contributed by atoms with Crippen LogP contribution in [0, 0.1) is 27.9 Å². The van der Waals surface area contributed by atoms with Gasteiger partial charge in [0.05, 0.1) is 36.4 Å². The lowest BCUT2D eigenvalue weighted by Gasteiger charge is -2.59. The van der Waals surface area contributed by atoms with Crippen LogP contribution in [0.5, 0.6) is 11.5 Å². The molecular weight excluding hydrogens is 825 g/mol. The maximum atomic E-state index is 14.2. The molecule has 0 bridgehead atoms. The number of hydrogen-bond donors (Lipinski definition) is 3. The standard InChI is InChI=1S/C48H60N4O12/c1-4-25-61-48-43(51(3)47(56)60-27-26-59-31-33-13-7-6-8-14-33)30-41(50-62-32-34-17-19-36(20-18-34)52(57)58)39-28-35(15-9-11-23-53)38(16-10-12-24-54)44(45(39)48)40-29-37(21-22-42(40)64-48)63-46(55)49-5-2/h4,6-8,13-14,17-22,28-29,35,38,43-45,53-54H,1,5,9-12,15-16,23-27,30-32H2,2-3H3,(H,49,55)/t35-,38+,43-,44+,45+,48+/m0/s1. The summed E-state index contributed by atoms with van der Waals surface area (Å²) in [7, 11) is 1.64. The third-order valence-corrected chi connectivity index (χ3v) is 12.0. The average Bonchev–Trinajstić information content (AvgIpc) is 3.30.